The van der Waals surface area contributed by atoms with E-state index < -0.39 is 0 Å². The molecular weight excluding hydrogens is 208 g/mol. The maximum absolute atomic E-state index is 8.76. The molecule has 4 heteroatoms. The van der Waals surface area contributed by atoms with E-state index in [9.17, 15) is 0 Å². The number of nitrogens with zero attached hydrogens (tertiary/aromatic N) is 2. The van der Waals surface area contributed by atoms with Crippen LogP contribution in [0.1, 0.15) is 4.88 Å². The molecule has 1 fully saturated rings. The van der Waals surface area contributed by atoms with Gasteiger partial charge in [-0.1, -0.05) is 6.07 Å². The Bertz CT molecular complexity index is 331. The van der Waals surface area contributed by atoms with Gasteiger partial charge in [0, 0.05) is 24.5 Å². The highest BCUT2D eigenvalue weighted by molar-refractivity contribution is 7.09. The van der Waals surface area contributed by atoms with Gasteiger partial charge in [0.05, 0.1) is 12.7 Å². The number of hydrogen-bond donors (Lipinski definition) is 0. The lowest BCUT2D eigenvalue weighted by Gasteiger charge is -2.29. The zero-order valence-corrected chi connectivity index (χ0v) is 9.37. The third kappa shape index (κ3) is 3.03. The molecule has 0 aromatic carbocycles. The number of ether oxygens (including phenoxy) is 1. The third-order valence-corrected chi connectivity index (χ3v) is 3.49. The molecule has 1 atom stereocenters. The lowest BCUT2D eigenvalue weighted by atomic mass is 10.2. The van der Waals surface area contributed by atoms with E-state index in [4.69, 9.17) is 10.00 Å². The van der Waals surface area contributed by atoms with Crippen molar-refractivity contribution >= 4 is 11.3 Å². The molecule has 0 saturated carbocycles. The molecule has 2 heterocycles. The molecule has 0 aliphatic carbocycles. The van der Waals surface area contributed by atoms with Crippen LogP contribution in [0.3, 0.4) is 0 Å². The highest BCUT2D eigenvalue weighted by Gasteiger charge is 2.19. The molecular formula is C11H14N2OS. The van der Waals surface area contributed by atoms with E-state index in [0.29, 0.717) is 6.61 Å². The molecule has 15 heavy (non-hydrogen) atoms. The van der Waals surface area contributed by atoms with Crippen LogP contribution >= 0.6 is 11.3 Å². The third-order valence-electron chi connectivity index (χ3n) is 2.55. The van der Waals surface area contributed by atoms with Crippen molar-refractivity contribution in [2.45, 2.75) is 12.5 Å². The molecule has 0 bridgehead atoms. The van der Waals surface area contributed by atoms with Crippen LogP contribution in [0.5, 0.6) is 0 Å². The summed E-state index contributed by atoms with van der Waals surface area (Å²) in [6, 6.07) is 6.41. The number of thiophene rings is 1. The average Bonchev–Trinajstić information content (AvgIpc) is 2.79. The lowest BCUT2D eigenvalue weighted by Crippen LogP contribution is -2.42. The van der Waals surface area contributed by atoms with Crippen molar-refractivity contribution in [2.75, 3.05) is 26.2 Å². The first-order valence-corrected chi connectivity index (χ1v) is 6.02. The van der Waals surface area contributed by atoms with Crippen molar-refractivity contribution in [3.63, 3.8) is 0 Å². The summed E-state index contributed by atoms with van der Waals surface area (Å²) in [5.74, 6) is 0. The topological polar surface area (TPSA) is 36.3 Å². The summed E-state index contributed by atoms with van der Waals surface area (Å²) < 4.78 is 5.29. The minimum Gasteiger partial charge on any atom is -0.361 e. The summed E-state index contributed by atoms with van der Waals surface area (Å²) in [6.07, 6.45) is 0.845. The molecule has 1 aromatic rings. The molecule has 3 nitrogen and oxygen atoms in total. The molecule has 0 radical (unpaired) electrons. The Morgan fingerprint density at radius 2 is 2.60 bits per heavy atom. The molecule has 80 valence electrons. The summed E-state index contributed by atoms with van der Waals surface area (Å²) in [5, 5.41) is 10.9. The van der Waals surface area contributed by atoms with E-state index in [0.717, 1.165) is 26.1 Å². The molecule has 1 saturated heterocycles. The molecule has 1 aliphatic heterocycles. The van der Waals surface area contributed by atoms with Crippen molar-refractivity contribution < 1.29 is 4.74 Å². The fraction of sp³-hybridized carbons (Fsp3) is 0.545. The van der Waals surface area contributed by atoms with Gasteiger partial charge >= 0.3 is 0 Å². The summed E-state index contributed by atoms with van der Waals surface area (Å²) in [7, 11) is 0. The van der Waals surface area contributed by atoms with Gasteiger partial charge in [0.25, 0.3) is 0 Å². The predicted octanol–water partition coefficient (Wildman–Crippen LogP) is 1.51. The minimum absolute atomic E-state index is 0.234. The van der Waals surface area contributed by atoms with Gasteiger partial charge in [-0.2, -0.15) is 5.26 Å². The first-order valence-electron chi connectivity index (χ1n) is 5.14. The van der Waals surface area contributed by atoms with Crippen molar-refractivity contribution in [2.24, 2.45) is 0 Å². The van der Waals surface area contributed by atoms with Crippen LogP contribution in [0.15, 0.2) is 17.5 Å². The van der Waals surface area contributed by atoms with E-state index in [1.165, 1.54) is 4.88 Å². The summed E-state index contributed by atoms with van der Waals surface area (Å²) in [6.45, 7) is 3.41. The van der Waals surface area contributed by atoms with E-state index in [1.54, 1.807) is 11.3 Å². The Kier molecular flexibility index (Phi) is 3.73. The highest BCUT2D eigenvalue weighted by atomic mass is 32.1. The van der Waals surface area contributed by atoms with Crippen molar-refractivity contribution in [3.05, 3.63) is 22.4 Å². The zero-order chi connectivity index (χ0) is 10.5. The van der Waals surface area contributed by atoms with Crippen LogP contribution in [0, 0.1) is 11.3 Å². The highest BCUT2D eigenvalue weighted by Crippen LogP contribution is 2.11. The van der Waals surface area contributed by atoms with Crippen LogP contribution in [-0.4, -0.2) is 37.2 Å². The lowest BCUT2D eigenvalue weighted by molar-refractivity contribution is 0.00112. The minimum atomic E-state index is -0.234. The fourth-order valence-corrected chi connectivity index (χ4v) is 2.41. The van der Waals surface area contributed by atoms with E-state index in [2.05, 4.69) is 28.5 Å². The number of nitriles is 1. The molecule has 2 rings (SSSR count). The number of rotatable bonds is 3. The molecule has 1 aromatic heterocycles. The van der Waals surface area contributed by atoms with Gasteiger partial charge < -0.3 is 4.74 Å². The second kappa shape index (κ2) is 5.26. The van der Waals surface area contributed by atoms with Gasteiger partial charge in [0.1, 0.15) is 0 Å². The van der Waals surface area contributed by atoms with Gasteiger partial charge in [-0.3, -0.25) is 4.90 Å². The quantitative estimate of drug-likeness (QED) is 0.778. The Morgan fingerprint density at radius 1 is 1.67 bits per heavy atom. The Hall–Kier alpha value is -0.890. The second-order valence-corrected chi connectivity index (χ2v) is 4.65. The Balaban J connectivity index is 1.77. The predicted molar refractivity (Wildman–Crippen MR) is 59.8 cm³/mol. The Morgan fingerprint density at radius 3 is 3.33 bits per heavy atom. The van der Waals surface area contributed by atoms with Crippen molar-refractivity contribution in [1.82, 2.24) is 4.90 Å². The van der Waals surface area contributed by atoms with Gasteiger partial charge in [-0.25, -0.2) is 0 Å². The van der Waals surface area contributed by atoms with Gasteiger partial charge in [-0.05, 0) is 17.9 Å². The molecule has 0 N–H and O–H groups in total. The molecule has 0 amide bonds. The van der Waals surface area contributed by atoms with Crippen LogP contribution in [0.25, 0.3) is 0 Å². The normalized spacial score (nSPS) is 22.5. The van der Waals surface area contributed by atoms with Crippen LogP contribution < -0.4 is 0 Å². The SMILES string of the molecule is N#CC1CN(CCc2cccs2)CCO1. The number of morpholine rings is 1. The van der Waals surface area contributed by atoms with E-state index in [-0.39, 0.29) is 6.10 Å². The van der Waals surface area contributed by atoms with Crippen molar-refractivity contribution in [1.29, 1.82) is 5.26 Å². The van der Waals surface area contributed by atoms with Gasteiger partial charge in [-0.15, -0.1) is 11.3 Å². The first-order chi connectivity index (χ1) is 7.38. The summed E-state index contributed by atoms with van der Waals surface area (Å²) in [4.78, 5) is 3.71. The second-order valence-electron chi connectivity index (χ2n) is 3.62. The first kappa shape index (κ1) is 10.6. The van der Waals surface area contributed by atoms with E-state index in [1.807, 2.05) is 0 Å². The largest absolute Gasteiger partial charge is 0.361 e. The van der Waals surface area contributed by atoms with Gasteiger partial charge in [0.15, 0.2) is 6.10 Å². The smallest absolute Gasteiger partial charge is 0.156 e. The van der Waals surface area contributed by atoms with E-state index >= 15 is 0 Å². The maximum atomic E-state index is 8.76. The standard InChI is InChI=1S/C11H14N2OS/c12-8-10-9-13(5-6-14-10)4-3-11-2-1-7-15-11/h1-2,7,10H,3-6,9H2. The average molecular weight is 222 g/mol. The molecule has 0 spiro atoms. The van der Waals surface area contributed by atoms with Crippen LogP contribution in [0.2, 0.25) is 0 Å². The monoisotopic (exact) mass is 222 g/mol. The van der Waals surface area contributed by atoms with Gasteiger partial charge in [0.2, 0.25) is 0 Å². The number of hydrogen-bond acceptors (Lipinski definition) is 4. The summed E-state index contributed by atoms with van der Waals surface area (Å²) in [5.41, 5.74) is 0. The van der Waals surface area contributed by atoms with Crippen LogP contribution in [0.4, 0.5) is 0 Å². The Labute approximate surface area is 93.9 Å². The zero-order valence-electron chi connectivity index (χ0n) is 8.56. The maximum Gasteiger partial charge on any atom is 0.156 e. The molecule has 1 aliphatic rings. The summed E-state index contributed by atoms with van der Waals surface area (Å²) >= 11 is 1.80. The fourth-order valence-electron chi connectivity index (χ4n) is 1.71. The van der Waals surface area contributed by atoms with Crippen molar-refractivity contribution in [3.8, 4) is 6.07 Å². The van der Waals surface area contributed by atoms with Crippen LogP contribution in [-0.2, 0) is 11.2 Å². The molecule has 1 unspecified atom stereocenters.